The Morgan fingerprint density at radius 3 is 2.43 bits per heavy atom. The molecule has 0 atom stereocenters. The van der Waals surface area contributed by atoms with Crippen LogP contribution in [0.1, 0.15) is 11.1 Å². The number of para-hydroxylation sites is 1. The van der Waals surface area contributed by atoms with E-state index in [1.165, 1.54) is 7.05 Å². The lowest BCUT2D eigenvalue weighted by atomic mass is 10.1. The lowest BCUT2D eigenvalue weighted by Gasteiger charge is -2.18. The maximum Gasteiger partial charge on any atom is 0.272 e. The fourth-order valence-corrected chi connectivity index (χ4v) is 2.46. The smallest absolute Gasteiger partial charge is 0.272 e. The Morgan fingerprint density at radius 2 is 1.86 bits per heavy atom. The number of aryl methyl sites for hydroxylation is 2. The molecule has 28 heavy (non-hydrogen) atoms. The first-order valence-electron chi connectivity index (χ1n) is 8.35. The summed E-state index contributed by atoms with van der Waals surface area (Å²) in [6, 6.07) is 8.47. The van der Waals surface area contributed by atoms with Crippen molar-refractivity contribution in [2.24, 2.45) is 0 Å². The van der Waals surface area contributed by atoms with Gasteiger partial charge in [-0.15, -0.1) is 0 Å². The van der Waals surface area contributed by atoms with Gasteiger partial charge in [0.15, 0.2) is 18.2 Å². The summed E-state index contributed by atoms with van der Waals surface area (Å²) in [4.78, 5) is 35.3. The molecule has 0 aliphatic carbocycles. The monoisotopic (exact) mass is 389 g/mol. The summed E-state index contributed by atoms with van der Waals surface area (Å²) in [6.07, 6.45) is 0. The molecule has 0 saturated carbocycles. The van der Waals surface area contributed by atoms with Gasteiger partial charge in [-0.2, -0.15) is 0 Å². The fraction of sp³-hybridized carbons (Fsp3) is 0.263. The molecule has 0 radical (unpaired) electrons. The van der Waals surface area contributed by atoms with E-state index in [1.807, 2.05) is 32.0 Å². The highest BCUT2D eigenvalue weighted by Crippen LogP contribution is 2.22. The highest BCUT2D eigenvalue weighted by Gasteiger charge is 2.17. The van der Waals surface area contributed by atoms with E-state index in [-0.39, 0.29) is 18.2 Å². The van der Waals surface area contributed by atoms with Crippen molar-refractivity contribution in [3.05, 3.63) is 63.5 Å². The lowest BCUT2D eigenvalue weighted by Crippen LogP contribution is -2.37. The van der Waals surface area contributed by atoms with Gasteiger partial charge < -0.3 is 15.0 Å². The van der Waals surface area contributed by atoms with Crippen molar-refractivity contribution < 1.29 is 23.6 Å². The summed E-state index contributed by atoms with van der Waals surface area (Å²) in [5, 5.41) is 13.4. The Kier molecular flexibility index (Phi) is 6.64. The number of nitrogens with zero attached hydrogens (tertiary/aromatic N) is 2. The molecule has 0 saturated heterocycles. The zero-order valence-electron chi connectivity index (χ0n) is 15.7. The van der Waals surface area contributed by atoms with Crippen molar-refractivity contribution in [1.29, 1.82) is 0 Å². The first-order valence-corrected chi connectivity index (χ1v) is 8.35. The van der Waals surface area contributed by atoms with E-state index in [1.54, 1.807) is 0 Å². The molecule has 0 aromatic heterocycles. The minimum Gasteiger partial charge on any atom is -0.481 e. The molecule has 2 rings (SSSR count). The molecular weight excluding hydrogens is 369 g/mol. The molecule has 1 N–H and O–H groups in total. The third-order valence-corrected chi connectivity index (χ3v) is 4.03. The number of non-ortho nitro benzene ring substituents is 1. The number of anilines is 1. The van der Waals surface area contributed by atoms with Crippen LogP contribution >= 0.6 is 0 Å². The van der Waals surface area contributed by atoms with Gasteiger partial charge in [-0.3, -0.25) is 19.7 Å². The number of hydrogen-bond acceptors (Lipinski definition) is 5. The number of rotatable bonds is 7. The summed E-state index contributed by atoms with van der Waals surface area (Å²) in [5.41, 5.74) is 2.08. The van der Waals surface area contributed by atoms with Crippen LogP contribution in [-0.2, 0) is 9.59 Å². The van der Waals surface area contributed by atoms with Gasteiger partial charge in [0, 0.05) is 18.8 Å². The number of amides is 2. The minimum absolute atomic E-state index is 0.210. The van der Waals surface area contributed by atoms with Crippen molar-refractivity contribution in [2.45, 2.75) is 13.8 Å². The van der Waals surface area contributed by atoms with Crippen LogP contribution in [0.5, 0.6) is 5.75 Å². The molecule has 9 heteroatoms. The van der Waals surface area contributed by atoms with E-state index in [9.17, 15) is 24.1 Å². The van der Waals surface area contributed by atoms with Gasteiger partial charge in [-0.25, -0.2) is 4.39 Å². The molecule has 0 spiro atoms. The van der Waals surface area contributed by atoms with Crippen LogP contribution in [0.3, 0.4) is 0 Å². The van der Waals surface area contributed by atoms with Gasteiger partial charge in [0.2, 0.25) is 5.91 Å². The standard InChI is InChI=1S/C19H20FN3O5/c1-12-5-4-6-13(2)19(12)21-17(24)10-22(3)18(25)11-28-16-8-7-14(23(26)27)9-15(16)20/h4-9H,10-11H2,1-3H3,(H,21,24). The summed E-state index contributed by atoms with van der Waals surface area (Å²) >= 11 is 0. The fourth-order valence-electron chi connectivity index (χ4n) is 2.46. The number of carbonyl (C=O) groups excluding carboxylic acids is 2. The quantitative estimate of drug-likeness (QED) is 0.580. The average molecular weight is 389 g/mol. The third kappa shape index (κ3) is 5.26. The van der Waals surface area contributed by atoms with Gasteiger partial charge in [-0.1, -0.05) is 18.2 Å². The normalized spacial score (nSPS) is 10.3. The first kappa shape index (κ1) is 20.8. The number of nitrogens with one attached hydrogen (secondary N) is 1. The van der Waals surface area contributed by atoms with Crippen LogP contribution in [-0.4, -0.2) is 41.8 Å². The summed E-state index contributed by atoms with van der Waals surface area (Å²) in [7, 11) is 1.42. The molecule has 2 amide bonds. The highest BCUT2D eigenvalue weighted by atomic mass is 19.1. The molecule has 0 aliphatic heterocycles. The Bertz CT molecular complexity index is 896. The van der Waals surface area contributed by atoms with Crippen LogP contribution in [0.4, 0.5) is 15.8 Å². The number of likely N-dealkylation sites (N-methyl/N-ethyl adjacent to an activating group) is 1. The summed E-state index contributed by atoms with van der Waals surface area (Å²) in [5.74, 6) is -2.16. The Morgan fingerprint density at radius 1 is 1.21 bits per heavy atom. The number of nitro groups is 1. The second-order valence-corrected chi connectivity index (χ2v) is 6.23. The van der Waals surface area contributed by atoms with Crippen LogP contribution in [0, 0.1) is 29.8 Å². The van der Waals surface area contributed by atoms with E-state index in [2.05, 4.69) is 5.32 Å². The molecular formula is C19H20FN3O5. The van der Waals surface area contributed by atoms with Gasteiger partial charge in [0.1, 0.15) is 0 Å². The first-order chi connectivity index (χ1) is 13.2. The SMILES string of the molecule is Cc1cccc(C)c1NC(=O)CN(C)C(=O)COc1ccc([N+](=O)[O-])cc1F. The second-order valence-electron chi connectivity index (χ2n) is 6.23. The van der Waals surface area contributed by atoms with Gasteiger partial charge in [-0.05, 0) is 31.0 Å². The maximum absolute atomic E-state index is 13.8. The third-order valence-electron chi connectivity index (χ3n) is 4.03. The van der Waals surface area contributed by atoms with E-state index in [0.29, 0.717) is 11.8 Å². The maximum atomic E-state index is 13.8. The van der Waals surface area contributed by atoms with E-state index in [4.69, 9.17) is 4.74 Å². The van der Waals surface area contributed by atoms with Crippen molar-refractivity contribution in [1.82, 2.24) is 4.90 Å². The van der Waals surface area contributed by atoms with Crippen LogP contribution in [0.15, 0.2) is 36.4 Å². The minimum atomic E-state index is -0.947. The number of hydrogen-bond donors (Lipinski definition) is 1. The largest absolute Gasteiger partial charge is 0.481 e. The van der Waals surface area contributed by atoms with Crippen molar-refractivity contribution in [3.63, 3.8) is 0 Å². The van der Waals surface area contributed by atoms with E-state index < -0.39 is 28.9 Å². The number of halogens is 1. The Labute approximate surface area is 161 Å². The number of nitro benzene ring substituents is 1. The highest BCUT2D eigenvalue weighted by molar-refractivity contribution is 5.95. The van der Waals surface area contributed by atoms with Crippen molar-refractivity contribution >= 4 is 23.2 Å². The van der Waals surface area contributed by atoms with Crippen molar-refractivity contribution in [3.8, 4) is 5.75 Å². The predicted octanol–water partition coefficient (Wildman–Crippen LogP) is 2.83. The number of ether oxygens (including phenoxy) is 1. The molecule has 0 heterocycles. The number of carbonyl (C=O) groups is 2. The molecule has 8 nitrogen and oxygen atoms in total. The Hall–Kier alpha value is -3.49. The zero-order chi connectivity index (χ0) is 20.8. The van der Waals surface area contributed by atoms with Crippen LogP contribution < -0.4 is 10.1 Å². The molecule has 0 bridgehead atoms. The molecule has 0 unspecified atom stereocenters. The molecule has 148 valence electrons. The average Bonchev–Trinajstić information content (AvgIpc) is 2.63. The lowest BCUT2D eigenvalue weighted by molar-refractivity contribution is -0.385. The number of benzene rings is 2. The van der Waals surface area contributed by atoms with Crippen LogP contribution in [0.2, 0.25) is 0 Å². The predicted molar refractivity (Wildman–Crippen MR) is 101 cm³/mol. The van der Waals surface area contributed by atoms with E-state index in [0.717, 1.165) is 28.2 Å². The Balaban J connectivity index is 1.90. The van der Waals surface area contributed by atoms with Gasteiger partial charge in [0.05, 0.1) is 17.5 Å². The zero-order valence-corrected chi connectivity index (χ0v) is 15.7. The van der Waals surface area contributed by atoms with Gasteiger partial charge >= 0.3 is 0 Å². The molecule has 2 aromatic rings. The van der Waals surface area contributed by atoms with E-state index >= 15 is 0 Å². The molecule has 0 fully saturated rings. The topological polar surface area (TPSA) is 102 Å². The molecule has 0 aliphatic rings. The summed E-state index contributed by atoms with van der Waals surface area (Å²) in [6.45, 7) is 3.01. The van der Waals surface area contributed by atoms with Crippen LogP contribution in [0.25, 0.3) is 0 Å². The summed E-state index contributed by atoms with van der Waals surface area (Å²) < 4.78 is 18.8. The van der Waals surface area contributed by atoms with Gasteiger partial charge in [0.25, 0.3) is 11.6 Å². The van der Waals surface area contributed by atoms with Crippen molar-refractivity contribution in [2.75, 3.05) is 25.5 Å². The molecule has 2 aromatic carbocycles. The second kappa shape index (κ2) is 8.94.